The SMILES string of the molecule is Cc1cc(C(=O)NCC(C)C(=O)O)c(C)s1. The molecule has 1 atom stereocenters. The van der Waals surface area contributed by atoms with E-state index in [9.17, 15) is 9.59 Å². The van der Waals surface area contributed by atoms with Crippen molar-refractivity contribution in [3.8, 4) is 0 Å². The quantitative estimate of drug-likeness (QED) is 0.845. The molecule has 1 aromatic heterocycles. The Morgan fingerprint density at radius 3 is 2.56 bits per heavy atom. The fraction of sp³-hybridized carbons (Fsp3) is 0.455. The van der Waals surface area contributed by atoms with E-state index >= 15 is 0 Å². The van der Waals surface area contributed by atoms with E-state index in [1.54, 1.807) is 18.3 Å². The van der Waals surface area contributed by atoms with Crippen molar-refractivity contribution in [2.75, 3.05) is 6.54 Å². The molecule has 0 aliphatic rings. The third kappa shape index (κ3) is 3.06. The fourth-order valence-corrected chi connectivity index (χ4v) is 2.21. The molecule has 0 aliphatic carbocycles. The molecule has 2 N–H and O–H groups in total. The van der Waals surface area contributed by atoms with E-state index in [1.165, 1.54) is 0 Å². The Hall–Kier alpha value is -1.36. The number of rotatable bonds is 4. The molecule has 0 radical (unpaired) electrons. The van der Waals surface area contributed by atoms with Gasteiger partial charge in [0.1, 0.15) is 0 Å². The Balaban J connectivity index is 2.60. The summed E-state index contributed by atoms with van der Waals surface area (Å²) < 4.78 is 0. The molecule has 0 saturated heterocycles. The molecular weight excluding hydrogens is 226 g/mol. The lowest BCUT2D eigenvalue weighted by molar-refractivity contribution is -0.140. The Morgan fingerprint density at radius 2 is 2.12 bits per heavy atom. The van der Waals surface area contributed by atoms with Crippen molar-refractivity contribution in [1.82, 2.24) is 5.32 Å². The molecule has 1 aromatic rings. The van der Waals surface area contributed by atoms with Gasteiger partial charge in [-0.2, -0.15) is 0 Å². The molecule has 1 heterocycles. The summed E-state index contributed by atoms with van der Waals surface area (Å²) in [7, 11) is 0. The number of carboxylic acid groups (broad SMARTS) is 1. The summed E-state index contributed by atoms with van der Waals surface area (Å²) in [6.07, 6.45) is 0. The van der Waals surface area contributed by atoms with Gasteiger partial charge in [-0.25, -0.2) is 0 Å². The fourth-order valence-electron chi connectivity index (χ4n) is 1.28. The van der Waals surface area contributed by atoms with Gasteiger partial charge in [-0.05, 0) is 19.9 Å². The van der Waals surface area contributed by atoms with Crippen LogP contribution in [-0.4, -0.2) is 23.5 Å². The second-order valence-corrected chi connectivity index (χ2v) is 5.24. The summed E-state index contributed by atoms with van der Waals surface area (Å²) in [6.45, 7) is 5.54. The van der Waals surface area contributed by atoms with Gasteiger partial charge in [-0.15, -0.1) is 11.3 Å². The number of nitrogens with one attached hydrogen (secondary N) is 1. The average Bonchev–Trinajstić information content (AvgIpc) is 2.53. The summed E-state index contributed by atoms with van der Waals surface area (Å²) in [6, 6.07) is 1.82. The molecule has 1 unspecified atom stereocenters. The number of carbonyl (C=O) groups excluding carboxylic acids is 1. The highest BCUT2D eigenvalue weighted by Gasteiger charge is 2.15. The molecule has 4 nitrogen and oxygen atoms in total. The molecule has 0 saturated carbocycles. The van der Waals surface area contributed by atoms with Crippen LogP contribution in [0.4, 0.5) is 0 Å². The molecule has 88 valence electrons. The minimum absolute atomic E-state index is 0.155. The Kier molecular flexibility index (Phi) is 4.06. The van der Waals surface area contributed by atoms with Crippen LogP contribution < -0.4 is 5.32 Å². The van der Waals surface area contributed by atoms with Crippen molar-refractivity contribution >= 4 is 23.2 Å². The van der Waals surface area contributed by atoms with Gasteiger partial charge in [0.15, 0.2) is 0 Å². The van der Waals surface area contributed by atoms with Crippen LogP contribution in [-0.2, 0) is 4.79 Å². The molecule has 16 heavy (non-hydrogen) atoms. The number of hydrogen-bond acceptors (Lipinski definition) is 3. The number of thiophene rings is 1. The maximum absolute atomic E-state index is 11.7. The van der Waals surface area contributed by atoms with Gasteiger partial charge < -0.3 is 10.4 Å². The molecule has 0 aliphatic heterocycles. The molecule has 0 spiro atoms. The Bertz CT molecular complexity index is 411. The van der Waals surface area contributed by atoms with Gasteiger partial charge in [-0.3, -0.25) is 9.59 Å². The first-order valence-corrected chi connectivity index (χ1v) is 5.81. The predicted octanol–water partition coefficient (Wildman–Crippen LogP) is 1.82. The minimum Gasteiger partial charge on any atom is -0.481 e. The number of amides is 1. The average molecular weight is 241 g/mol. The molecule has 5 heteroatoms. The third-order valence-corrected chi connectivity index (χ3v) is 3.24. The highest BCUT2D eigenvalue weighted by Crippen LogP contribution is 2.20. The van der Waals surface area contributed by atoms with Crippen LogP contribution in [0.15, 0.2) is 6.07 Å². The van der Waals surface area contributed by atoms with E-state index < -0.39 is 11.9 Å². The van der Waals surface area contributed by atoms with Crippen molar-refractivity contribution in [2.45, 2.75) is 20.8 Å². The van der Waals surface area contributed by atoms with Crippen LogP contribution in [0.5, 0.6) is 0 Å². The number of carboxylic acids is 1. The van der Waals surface area contributed by atoms with Crippen molar-refractivity contribution < 1.29 is 14.7 Å². The second kappa shape index (κ2) is 5.12. The number of aryl methyl sites for hydroxylation is 2. The second-order valence-electron chi connectivity index (χ2n) is 3.78. The van der Waals surface area contributed by atoms with E-state index in [1.807, 2.05) is 19.9 Å². The normalized spacial score (nSPS) is 12.2. The predicted molar refractivity (Wildman–Crippen MR) is 62.9 cm³/mol. The summed E-state index contributed by atoms with van der Waals surface area (Å²) in [5.74, 6) is -1.67. The maximum atomic E-state index is 11.7. The first-order chi connectivity index (χ1) is 7.41. The highest BCUT2D eigenvalue weighted by atomic mass is 32.1. The number of hydrogen-bond donors (Lipinski definition) is 2. The highest BCUT2D eigenvalue weighted by molar-refractivity contribution is 7.12. The number of aliphatic carboxylic acids is 1. The Labute approximate surface area is 98.3 Å². The van der Waals surface area contributed by atoms with Crippen LogP contribution in [0.2, 0.25) is 0 Å². The van der Waals surface area contributed by atoms with E-state index in [0.29, 0.717) is 5.56 Å². The van der Waals surface area contributed by atoms with E-state index in [2.05, 4.69) is 5.32 Å². The van der Waals surface area contributed by atoms with Crippen LogP contribution >= 0.6 is 11.3 Å². The van der Waals surface area contributed by atoms with Gasteiger partial charge >= 0.3 is 5.97 Å². The first kappa shape index (κ1) is 12.7. The van der Waals surface area contributed by atoms with Crippen LogP contribution in [0.25, 0.3) is 0 Å². The Morgan fingerprint density at radius 1 is 1.50 bits per heavy atom. The standard InChI is InChI=1S/C11H15NO3S/c1-6(11(14)15)5-12-10(13)9-4-7(2)16-8(9)3/h4,6H,5H2,1-3H3,(H,12,13)(H,14,15). The topological polar surface area (TPSA) is 66.4 Å². The van der Waals surface area contributed by atoms with Gasteiger partial charge in [0, 0.05) is 16.3 Å². The lowest BCUT2D eigenvalue weighted by atomic mass is 10.1. The molecule has 0 bridgehead atoms. The van der Waals surface area contributed by atoms with Crippen molar-refractivity contribution in [2.24, 2.45) is 5.92 Å². The lowest BCUT2D eigenvalue weighted by Gasteiger charge is -2.07. The number of carbonyl (C=O) groups is 2. The van der Waals surface area contributed by atoms with Crippen LogP contribution in [0.3, 0.4) is 0 Å². The van der Waals surface area contributed by atoms with Crippen molar-refractivity contribution in [3.63, 3.8) is 0 Å². The molecule has 1 amide bonds. The summed E-state index contributed by atoms with van der Waals surface area (Å²) in [4.78, 5) is 24.3. The lowest BCUT2D eigenvalue weighted by Crippen LogP contribution is -2.31. The van der Waals surface area contributed by atoms with Crippen molar-refractivity contribution in [3.05, 3.63) is 21.4 Å². The molecule has 1 rings (SSSR count). The van der Waals surface area contributed by atoms with E-state index in [0.717, 1.165) is 9.75 Å². The first-order valence-electron chi connectivity index (χ1n) is 5.00. The smallest absolute Gasteiger partial charge is 0.308 e. The largest absolute Gasteiger partial charge is 0.481 e. The van der Waals surface area contributed by atoms with Gasteiger partial charge in [-0.1, -0.05) is 6.92 Å². The summed E-state index contributed by atoms with van der Waals surface area (Å²) >= 11 is 1.56. The monoisotopic (exact) mass is 241 g/mol. The van der Waals surface area contributed by atoms with E-state index in [4.69, 9.17) is 5.11 Å². The molecule has 0 aromatic carbocycles. The van der Waals surface area contributed by atoms with Gasteiger partial charge in [0.2, 0.25) is 0 Å². The van der Waals surface area contributed by atoms with Gasteiger partial charge in [0.05, 0.1) is 11.5 Å². The van der Waals surface area contributed by atoms with Crippen LogP contribution in [0.1, 0.15) is 27.0 Å². The summed E-state index contributed by atoms with van der Waals surface area (Å²) in [5.41, 5.74) is 0.639. The van der Waals surface area contributed by atoms with Gasteiger partial charge in [0.25, 0.3) is 5.91 Å². The zero-order valence-corrected chi connectivity index (χ0v) is 10.4. The van der Waals surface area contributed by atoms with Crippen molar-refractivity contribution in [1.29, 1.82) is 0 Å². The molecule has 0 fully saturated rings. The third-order valence-electron chi connectivity index (χ3n) is 2.28. The minimum atomic E-state index is -0.904. The van der Waals surface area contributed by atoms with E-state index in [-0.39, 0.29) is 12.5 Å². The molecular formula is C11H15NO3S. The van der Waals surface area contributed by atoms with Crippen LogP contribution in [0, 0.1) is 19.8 Å². The zero-order valence-electron chi connectivity index (χ0n) is 9.53. The zero-order chi connectivity index (χ0) is 12.3. The maximum Gasteiger partial charge on any atom is 0.308 e. The summed E-state index contributed by atoms with van der Waals surface area (Å²) in [5, 5.41) is 11.3.